The lowest BCUT2D eigenvalue weighted by Gasteiger charge is -2.16. The molecule has 0 saturated carbocycles. The summed E-state index contributed by atoms with van der Waals surface area (Å²) < 4.78 is 19.2. The van der Waals surface area contributed by atoms with Gasteiger partial charge in [0.25, 0.3) is 5.91 Å². The number of methoxy groups -OCH3 is 1. The predicted octanol–water partition coefficient (Wildman–Crippen LogP) is 3.10. The van der Waals surface area contributed by atoms with Crippen LogP contribution in [0.25, 0.3) is 0 Å². The van der Waals surface area contributed by atoms with E-state index >= 15 is 0 Å². The van der Waals surface area contributed by atoms with Crippen molar-refractivity contribution in [2.75, 3.05) is 13.7 Å². The smallest absolute Gasteiger partial charge is 0.252 e. The number of hydrogen-bond acceptors (Lipinski definition) is 3. The number of carbonyl (C=O) groups is 1. The van der Waals surface area contributed by atoms with Crippen molar-refractivity contribution < 1.29 is 13.9 Å². The van der Waals surface area contributed by atoms with Crippen molar-refractivity contribution in [2.45, 2.75) is 6.10 Å². The molecule has 0 radical (unpaired) electrons. The van der Waals surface area contributed by atoms with E-state index in [-0.39, 0.29) is 18.3 Å². The number of ether oxygens (including phenoxy) is 1. The molecule has 6 heteroatoms. The highest BCUT2D eigenvalue weighted by atomic mass is 79.9. The molecule has 21 heavy (non-hydrogen) atoms. The normalized spacial score (nSPS) is 12.0. The Balaban J connectivity index is 2.02. The molecule has 1 N–H and O–H groups in total. The Morgan fingerprint density at radius 3 is 2.90 bits per heavy atom. The van der Waals surface area contributed by atoms with Crippen LogP contribution < -0.4 is 5.32 Å². The summed E-state index contributed by atoms with van der Waals surface area (Å²) in [5.74, 6) is -0.598. The van der Waals surface area contributed by atoms with Gasteiger partial charge in [-0.15, -0.1) is 0 Å². The third kappa shape index (κ3) is 4.34. The van der Waals surface area contributed by atoms with Gasteiger partial charge in [0, 0.05) is 30.5 Å². The average Bonchev–Trinajstić information content (AvgIpc) is 2.48. The second-order valence-corrected chi connectivity index (χ2v) is 5.30. The highest BCUT2D eigenvalue weighted by Crippen LogP contribution is 2.17. The van der Waals surface area contributed by atoms with Crippen LogP contribution in [0.1, 0.15) is 22.0 Å². The van der Waals surface area contributed by atoms with Crippen molar-refractivity contribution in [3.05, 3.63) is 64.1 Å². The highest BCUT2D eigenvalue weighted by Gasteiger charge is 2.14. The third-order valence-corrected chi connectivity index (χ3v) is 3.35. The summed E-state index contributed by atoms with van der Waals surface area (Å²) in [6.45, 7) is 0.241. The van der Waals surface area contributed by atoms with Gasteiger partial charge in [-0.1, -0.05) is 12.1 Å². The van der Waals surface area contributed by atoms with Gasteiger partial charge in [-0.2, -0.15) is 0 Å². The largest absolute Gasteiger partial charge is 0.375 e. The number of rotatable bonds is 5. The van der Waals surface area contributed by atoms with Crippen LogP contribution in [-0.4, -0.2) is 24.5 Å². The van der Waals surface area contributed by atoms with Gasteiger partial charge in [0.15, 0.2) is 0 Å². The van der Waals surface area contributed by atoms with Gasteiger partial charge in [-0.3, -0.25) is 9.78 Å². The molecule has 0 bridgehead atoms. The van der Waals surface area contributed by atoms with Crippen LogP contribution in [0.4, 0.5) is 4.39 Å². The standard InChI is InChI=1S/C15H14BrFN2O2/c1-21-14(10-3-2-4-13(17)6-10)9-19-15(20)11-5-12(16)8-18-7-11/h2-8,14H,9H2,1H3,(H,19,20). The second-order valence-electron chi connectivity index (χ2n) is 4.38. The summed E-state index contributed by atoms with van der Waals surface area (Å²) >= 11 is 3.26. The molecule has 1 heterocycles. The van der Waals surface area contributed by atoms with Crippen LogP contribution in [-0.2, 0) is 4.74 Å². The van der Waals surface area contributed by atoms with Crippen molar-refractivity contribution in [3.63, 3.8) is 0 Å². The minimum Gasteiger partial charge on any atom is -0.375 e. The van der Waals surface area contributed by atoms with E-state index in [0.29, 0.717) is 11.1 Å². The predicted molar refractivity (Wildman–Crippen MR) is 80.4 cm³/mol. The molecular formula is C15H14BrFN2O2. The molecule has 0 saturated heterocycles. The summed E-state index contributed by atoms with van der Waals surface area (Å²) in [4.78, 5) is 15.9. The number of pyridine rings is 1. The maximum absolute atomic E-state index is 13.2. The maximum Gasteiger partial charge on any atom is 0.252 e. The number of amides is 1. The van der Waals surface area contributed by atoms with Crippen LogP contribution >= 0.6 is 15.9 Å². The van der Waals surface area contributed by atoms with Crippen LogP contribution in [0.2, 0.25) is 0 Å². The lowest BCUT2D eigenvalue weighted by molar-refractivity contribution is 0.0827. The molecule has 2 aromatic rings. The summed E-state index contributed by atoms with van der Waals surface area (Å²) in [7, 11) is 1.52. The lowest BCUT2D eigenvalue weighted by atomic mass is 10.1. The van der Waals surface area contributed by atoms with E-state index in [1.165, 1.54) is 25.4 Å². The number of carbonyl (C=O) groups excluding carboxylic acids is 1. The molecule has 1 unspecified atom stereocenters. The SMILES string of the molecule is COC(CNC(=O)c1cncc(Br)c1)c1cccc(F)c1. The first kappa shape index (κ1) is 15.6. The van der Waals surface area contributed by atoms with Gasteiger partial charge < -0.3 is 10.1 Å². The lowest BCUT2D eigenvalue weighted by Crippen LogP contribution is -2.29. The van der Waals surface area contributed by atoms with E-state index in [1.807, 2.05) is 0 Å². The number of nitrogens with zero attached hydrogens (tertiary/aromatic N) is 1. The molecule has 0 aliphatic rings. The Labute approximate surface area is 130 Å². The monoisotopic (exact) mass is 352 g/mol. The van der Waals surface area contributed by atoms with E-state index in [2.05, 4.69) is 26.2 Å². The van der Waals surface area contributed by atoms with Crippen molar-refractivity contribution in [3.8, 4) is 0 Å². The van der Waals surface area contributed by atoms with E-state index in [0.717, 1.165) is 4.47 Å². The number of hydrogen-bond donors (Lipinski definition) is 1. The molecule has 1 atom stereocenters. The van der Waals surface area contributed by atoms with E-state index in [9.17, 15) is 9.18 Å². The van der Waals surface area contributed by atoms with Crippen molar-refractivity contribution in [2.24, 2.45) is 0 Å². The molecule has 0 spiro atoms. The zero-order chi connectivity index (χ0) is 15.2. The number of halogens is 2. The molecule has 1 aromatic heterocycles. The van der Waals surface area contributed by atoms with Crippen LogP contribution in [0.3, 0.4) is 0 Å². The fraction of sp³-hybridized carbons (Fsp3) is 0.200. The molecular weight excluding hydrogens is 339 g/mol. The number of nitrogens with one attached hydrogen (secondary N) is 1. The Kier molecular flexibility index (Phi) is 5.41. The Bertz CT molecular complexity index is 637. The molecule has 0 aliphatic heterocycles. The Morgan fingerprint density at radius 2 is 2.24 bits per heavy atom. The first-order valence-corrected chi connectivity index (χ1v) is 7.06. The highest BCUT2D eigenvalue weighted by molar-refractivity contribution is 9.10. The summed E-state index contributed by atoms with van der Waals surface area (Å²) in [6.07, 6.45) is 2.66. The van der Waals surface area contributed by atoms with Crippen LogP contribution in [0.5, 0.6) is 0 Å². The second kappa shape index (κ2) is 7.28. The summed E-state index contributed by atoms with van der Waals surface area (Å²) in [5.41, 5.74) is 1.11. The first-order valence-electron chi connectivity index (χ1n) is 6.27. The van der Waals surface area contributed by atoms with Gasteiger partial charge >= 0.3 is 0 Å². The van der Waals surface area contributed by atoms with Gasteiger partial charge in [0.1, 0.15) is 5.82 Å². The molecule has 1 amide bonds. The van der Waals surface area contributed by atoms with E-state index in [4.69, 9.17) is 4.74 Å². The molecule has 4 nitrogen and oxygen atoms in total. The van der Waals surface area contributed by atoms with E-state index < -0.39 is 6.10 Å². The number of benzene rings is 1. The fourth-order valence-corrected chi connectivity index (χ4v) is 2.23. The Hall–Kier alpha value is -1.79. The zero-order valence-electron chi connectivity index (χ0n) is 11.3. The minimum absolute atomic E-state index is 0.241. The van der Waals surface area contributed by atoms with Gasteiger partial charge in [0.05, 0.1) is 11.7 Å². The van der Waals surface area contributed by atoms with Crippen LogP contribution in [0.15, 0.2) is 47.2 Å². The number of aromatic nitrogens is 1. The van der Waals surface area contributed by atoms with Gasteiger partial charge in [-0.05, 0) is 39.7 Å². The molecule has 0 fully saturated rings. The third-order valence-electron chi connectivity index (χ3n) is 2.92. The average molecular weight is 353 g/mol. The minimum atomic E-state index is -0.412. The van der Waals surface area contributed by atoms with Gasteiger partial charge in [0.2, 0.25) is 0 Å². The fourth-order valence-electron chi connectivity index (χ4n) is 1.87. The zero-order valence-corrected chi connectivity index (χ0v) is 12.9. The van der Waals surface area contributed by atoms with Crippen molar-refractivity contribution >= 4 is 21.8 Å². The summed E-state index contributed by atoms with van der Waals surface area (Å²) in [5, 5.41) is 2.75. The molecule has 110 valence electrons. The van der Waals surface area contributed by atoms with E-state index in [1.54, 1.807) is 24.4 Å². The van der Waals surface area contributed by atoms with Crippen LogP contribution in [0, 0.1) is 5.82 Å². The molecule has 2 rings (SSSR count). The van der Waals surface area contributed by atoms with Gasteiger partial charge in [-0.25, -0.2) is 4.39 Å². The topological polar surface area (TPSA) is 51.2 Å². The Morgan fingerprint density at radius 1 is 1.43 bits per heavy atom. The summed E-state index contributed by atoms with van der Waals surface area (Å²) in [6, 6.07) is 7.79. The molecule has 0 aliphatic carbocycles. The van der Waals surface area contributed by atoms with Crippen molar-refractivity contribution in [1.82, 2.24) is 10.3 Å². The first-order chi connectivity index (χ1) is 10.1. The molecule has 1 aromatic carbocycles. The van der Waals surface area contributed by atoms with Crippen molar-refractivity contribution in [1.29, 1.82) is 0 Å². The maximum atomic E-state index is 13.2. The quantitative estimate of drug-likeness (QED) is 0.899.